The largest absolute Gasteiger partial charge is 0.454 e. The molecule has 0 bridgehead atoms. The minimum atomic E-state index is -0.144. The molecule has 0 saturated heterocycles. The summed E-state index contributed by atoms with van der Waals surface area (Å²) in [6, 6.07) is 11.3. The van der Waals surface area contributed by atoms with Crippen LogP contribution in [0.3, 0.4) is 0 Å². The van der Waals surface area contributed by atoms with E-state index in [0.717, 1.165) is 16.8 Å². The third-order valence-electron chi connectivity index (χ3n) is 3.80. The number of nitrogens with one attached hydrogen (secondary N) is 1. The molecule has 1 heterocycles. The Balaban J connectivity index is 1.89. The van der Waals surface area contributed by atoms with Gasteiger partial charge in [-0.15, -0.1) is 0 Å². The fourth-order valence-electron chi connectivity index (χ4n) is 2.57. The summed E-state index contributed by atoms with van der Waals surface area (Å²) in [4.78, 5) is 12.5. The number of hydrogen-bond donors (Lipinski definition) is 1. The number of rotatable bonds is 3. The average molecular weight is 297 g/mol. The van der Waals surface area contributed by atoms with Crippen LogP contribution in [-0.2, 0) is 0 Å². The number of hydrogen-bond acceptors (Lipinski definition) is 3. The van der Waals surface area contributed by atoms with Crippen LogP contribution in [0.1, 0.15) is 41.3 Å². The maximum atomic E-state index is 12.5. The van der Waals surface area contributed by atoms with Crippen molar-refractivity contribution >= 4 is 11.6 Å². The number of amides is 1. The average Bonchev–Trinajstić information content (AvgIpc) is 2.96. The number of ether oxygens (including phenoxy) is 2. The van der Waals surface area contributed by atoms with E-state index in [1.165, 1.54) is 0 Å². The molecule has 114 valence electrons. The Morgan fingerprint density at radius 1 is 1.14 bits per heavy atom. The number of benzene rings is 2. The van der Waals surface area contributed by atoms with Crippen molar-refractivity contribution in [1.82, 2.24) is 0 Å². The molecule has 0 spiro atoms. The maximum absolute atomic E-state index is 12.5. The summed E-state index contributed by atoms with van der Waals surface area (Å²) in [6.45, 7) is 6.44. The van der Waals surface area contributed by atoms with Crippen LogP contribution in [0, 0.1) is 6.92 Å². The summed E-state index contributed by atoms with van der Waals surface area (Å²) in [5.41, 5.74) is 3.64. The molecule has 2 aromatic carbocycles. The first-order valence-electron chi connectivity index (χ1n) is 7.37. The van der Waals surface area contributed by atoms with Gasteiger partial charge in [-0.3, -0.25) is 4.79 Å². The maximum Gasteiger partial charge on any atom is 0.255 e. The van der Waals surface area contributed by atoms with E-state index in [1.54, 1.807) is 18.2 Å². The molecule has 0 fully saturated rings. The smallest absolute Gasteiger partial charge is 0.255 e. The lowest BCUT2D eigenvalue weighted by Gasteiger charge is -2.16. The molecule has 22 heavy (non-hydrogen) atoms. The number of fused-ring (bicyclic) bond motifs is 1. The molecule has 1 N–H and O–H groups in total. The predicted molar refractivity (Wildman–Crippen MR) is 85.8 cm³/mol. The Kier molecular flexibility index (Phi) is 3.75. The Morgan fingerprint density at radius 2 is 1.91 bits per heavy atom. The quantitative estimate of drug-likeness (QED) is 0.928. The normalized spacial score (nSPS) is 12.5. The van der Waals surface area contributed by atoms with Gasteiger partial charge in [0.2, 0.25) is 6.79 Å². The molecule has 0 aliphatic carbocycles. The molecule has 0 atom stereocenters. The molecular weight excluding hydrogens is 278 g/mol. The SMILES string of the molecule is Cc1cccc(C(C)C)c1NC(=O)c1ccc2c(c1)OCO2. The van der Waals surface area contributed by atoms with E-state index < -0.39 is 0 Å². The van der Waals surface area contributed by atoms with Gasteiger partial charge in [0.1, 0.15) is 0 Å². The highest BCUT2D eigenvalue weighted by Crippen LogP contribution is 2.33. The molecule has 2 aromatic rings. The van der Waals surface area contributed by atoms with Crippen LogP contribution in [-0.4, -0.2) is 12.7 Å². The zero-order valence-electron chi connectivity index (χ0n) is 13.0. The van der Waals surface area contributed by atoms with E-state index in [1.807, 2.05) is 25.1 Å². The summed E-state index contributed by atoms with van der Waals surface area (Å²) in [5.74, 6) is 1.48. The van der Waals surface area contributed by atoms with E-state index in [2.05, 4.69) is 19.2 Å². The molecule has 1 aliphatic rings. The van der Waals surface area contributed by atoms with Crippen LogP contribution in [0.25, 0.3) is 0 Å². The lowest BCUT2D eigenvalue weighted by molar-refractivity contribution is 0.102. The summed E-state index contributed by atoms with van der Waals surface area (Å²) in [6.07, 6.45) is 0. The standard InChI is InChI=1S/C18H19NO3/c1-11(2)14-6-4-5-12(3)17(14)19-18(20)13-7-8-15-16(9-13)22-10-21-15/h4-9,11H,10H2,1-3H3,(H,19,20). The van der Waals surface area contributed by atoms with Gasteiger partial charge in [0, 0.05) is 11.3 Å². The van der Waals surface area contributed by atoms with Crippen LogP contribution in [0.15, 0.2) is 36.4 Å². The Labute approximate surface area is 130 Å². The van der Waals surface area contributed by atoms with Crippen LogP contribution in [0.4, 0.5) is 5.69 Å². The molecule has 4 nitrogen and oxygen atoms in total. The van der Waals surface area contributed by atoms with Gasteiger partial charge in [-0.1, -0.05) is 32.0 Å². The summed E-state index contributed by atoms with van der Waals surface area (Å²) < 4.78 is 10.6. The van der Waals surface area contributed by atoms with Gasteiger partial charge in [-0.05, 0) is 42.2 Å². The topological polar surface area (TPSA) is 47.6 Å². The molecule has 1 aliphatic heterocycles. The third kappa shape index (κ3) is 2.64. The first-order chi connectivity index (χ1) is 10.6. The second-order valence-electron chi connectivity index (χ2n) is 5.72. The highest BCUT2D eigenvalue weighted by Gasteiger charge is 2.18. The fourth-order valence-corrected chi connectivity index (χ4v) is 2.57. The van der Waals surface area contributed by atoms with Crippen LogP contribution >= 0.6 is 0 Å². The van der Waals surface area contributed by atoms with Crippen LogP contribution in [0.5, 0.6) is 11.5 Å². The van der Waals surface area contributed by atoms with Gasteiger partial charge in [-0.25, -0.2) is 0 Å². The van der Waals surface area contributed by atoms with Gasteiger partial charge in [0.25, 0.3) is 5.91 Å². The number of anilines is 1. The Bertz CT molecular complexity index is 722. The molecule has 0 radical (unpaired) electrons. The first-order valence-corrected chi connectivity index (χ1v) is 7.37. The van der Waals surface area contributed by atoms with E-state index in [-0.39, 0.29) is 12.7 Å². The summed E-state index contributed by atoms with van der Waals surface area (Å²) >= 11 is 0. The predicted octanol–water partition coefficient (Wildman–Crippen LogP) is 4.10. The van der Waals surface area contributed by atoms with Gasteiger partial charge in [-0.2, -0.15) is 0 Å². The second-order valence-corrected chi connectivity index (χ2v) is 5.72. The van der Waals surface area contributed by atoms with Crippen LogP contribution in [0.2, 0.25) is 0 Å². The lowest BCUT2D eigenvalue weighted by atomic mass is 9.98. The van der Waals surface area contributed by atoms with E-state index in [0.29, 0.717) is 23.0 Å². The van der Waals surface area contributed by atoms with Crippen molar-refractivity contribution < 1.29 is 14.3 Å². The van der Waals surface area contributed by atoms with Gasteiger partial charge in [0.15, 0.2) is 11.5 Å². The van der Waals surface area contributed by atoms with Crippen molar-refractivity contribution in [1.29, 1.82) is 0 Å². The minimum Gasteiger partial charge on any atom is -0.454 e. The number of carbonyl (C=O) groups is 1. The summed E-state index contributed by atoms with van der Waals surface area (Å²) in [7, 11) is 0. The number of aryl methyl sites for hydroxylation is 1. The van der Waals surface area contributed by atoms with Crippen molar-refractivity contribution in [3.8, 4) is 11.5 Å². The monoisotopic (exact) mass is 297 g/mol. The summed E-state index contributed by atoms with van der Waals surface area (Å²) in [5, 5.41) is 3.03. The minimum absolute atomic E-state index is 0.144. The van der Waals surface area contributed by atoms with Gasteiger partial charge < -0.3 is 14.8 Å². The van der Waals surface area contributed by atoms with E-state index >= 15 is 0 Å². The van der Waals surface area contributed by atoms with Crippen molar-refractivity contribution in [2.24, 2.45) is 0 Å². The molecule has 0 saturated carbocycles. The first kappa shape index (κ1) is 14.4. The lowest BCUT2D eigenvalue weighted by Crippen LogP contribution is -2.14. The Morgan fingerprint density at radius 3 is 2.68 bits per heavy atom. The highest BCUT2D eigenvalue weighted by molar-refractivity contribution is 6.05. The molecule has 4 heteroatoms. The van der Waals surface area contributed by atoms with Crippen molar-refractivity contribution in [2.75, 3.05) is 12.1 Å². The second kappa shape index (κ2) is 5.72. The molecule has 1 amide bonds. The zero-order chi connectivity index (χ0) is 15.7. The van der Waals surface area contributed by atoms with E-state index in [9.17, 15) is 4.79 Å². The fraction of sp³-hybridized carbons (Fsp3) is 0.278. The van der Waals surface area contributed by atoms with Gasteiger partial charge >= 0.3 is 0 Å². The molecular formula is C18H19NO3. The zero-order valence-corrected chi connectivity index (χ0v) is 13.0. The van der Waals surface area contributed by atoms with Crippen molar-refractivity contribution in [3.05, 3.63) is 53.1 Å². The van der Waals surface area contributed by atoms with Crippen LogP contribution < -0.4 is 14.8 Å². The Hall–Kier alpha value is -2.49. The van der Waals surface area contributed by atoms with Crippen molar-refractivity contribution in [2.45, 2.75) is 26.7 Å². The number of para-hydroxylation sites is 1. The van der Waals surface area contributed by atoms with Gasteiger partial charge in [0.05, 0.1) is 0 Å². The molecule has 0 unspecified atom stereocenters. The molecule has 0 aromatic heterocycles. The van der Waals surface area contributed by atoms with Crippen molar-refractivity contribution in [3.63, 3.8) is 0 Å². The third-order valence-corrected chi connectivity index (χ3v) is 3.80. The number of carbonyl (C=O) groups excluding carboxylic acids is 1. The highest BCUT2D eigenvalue weighted by atomic mass is 16.7. The van der Waals surface area contributed by atoms with E-state index in [4.69, 9.17) is 9.47 Å². The molecule has 3 rings (SSSR count).